The van der Waals surface area contributed by atoms with Gasteiger partial charge in [-0.2, -0.15) is 0 Å². The van der Waals surface area contributed by atoms with Gasteiger partial charge in [-0.1, -0.05) is 19.1 Å². The Morgan fingerprint density at radius 1 is 1.37 bits per heavy atom. The van der Waals surface area contributed by atoms with Crippen molar-refractivity contribution in [1.82, 2.24) is 5.32 Å². The Hall–Kier alpha value is -0.930. The molecule has 0 radical (unpaired) electrons. The fourth-order valence-electron chi connectivity index (χ4n) is 2.68. The molecular weight excluding hydrogens is 241 g/mol. The monoisotopic (exact) mass is 265 g/mol. The highest BCUT2D eigenvalue weighted by atomic mass is 19.1. The van der Waals surface area contributed by atoms with E-state index >= 15 is 0 Å². The topological polar surface area (TPSA) is 21.3 Å². The largest absolute Gasteiger partial charge is 0.377 e. The van der Waals surface area contributed by atoms with E-state index in [1.54, 1.807) is 12.1 Å². The summed E-state index contributed by atoms with van der Waals surface area (Å²) in [6, 6.07) is 7.16. The average molecular weight is 265 g/mol. The minimum atomic E-state index is -0.160. The molecule has 0 saturated heterocycles. The van der Waals surface area contributed by atoms with Gasteiger partial charge in [-0.05, 0) is 56.3 Å². The number of ether oxygens (including phenoxy) is 1. The van der Waals surface area contributed by atoms with Gasteiger partial charge < -0.3 is 10.1 Å². The van der Waals surface area contributed by atoms with Gasteiger partial charge in [0.1, 0.15) is 5.82 Å². The first kappa shape index (κ1) is 14.5. The molecule has 2 nitrogen and oxygen atoms in total. The van der Waals surface area contributed by atoms with Crippen molar-refractivity contribution >= 4 is 0 Å². The molecule has 1 N–H and O–H groups in total. The summed E-state index contributed by atoms with van der Waals surface area (Å²) in [6.45, 7) is 5.80. The Kier molecular flexibility index (Phi) is 5.34. The minimum Gasteiger partial charge on any atom is -0.377 e. The SMILES string of the molecule is CCNC(Cc1cccc(F)c1)C(OCC)C1CC1. The second-order valence-corrected chi connectivity index (χ2v) is 5.26. The van der Waals surface area contributed by atoms with E-state index in [2.05, 4.69) is 12.2 Å². The van der Waals surface area contributed by atoms with Crippen molar-refractivity contribution in [2.24, 2.45) is 5.92 Å². The molecule has 1 aliphatic carbocycles. The maximum absolute atomic E-state index is 13.3. The van der Waals surface area contributed by atoms with E-state index in [1.165, 1.54) is 18.9 Å². The van der Waals surface area contributed by atoms with E-state index in [0.717, 1.165) is 25.1 Å². The van der Waals surface area contributed by atoms with Gasteiger partial charge in [0.25, 0.3) is 0 Å². The fourth-order valence-corrected chi connectivity index (χ4v) is 2.68. The first-order chi connectivity index (χ1) is 9.24. The van der Waals surface area contributed by atoms with E-state index in [0.29, 0.717) is 5.92 Å². The standard InChI is InChI=1S/C16H24FNO/c1-3-18-15(16(19-4-2)13-8-9-13)11-12-6-5-7-14(17)10-12/h5-7,10,13,15-16,18H,3-4,8-9,11H2,1-2H3. The zero-order valence-electron chi connectivity index (χ0n) is 11.9. The van der Waals surface area contributed by atoms with Crippen molar-refractivity contribution < 1.29 is 9.13 Å². The molecule has 0 aromatic heterocycles. The summed E-state index contributed by atoms with van der Waals surface area (Å²) in [4.78, 5) is 0. The van der Waals surface area contributed by atoms with Gasteiger partial charge in [-0.15, -0.1) is 0 Å². The lowest BCUT2D eigenvalue weighted by Crippen LogP contribution is -2.44. The number of hydrogen-bond donors (Lipinski definition) is 1. The summed E-state index contributed by atoms with van der Waals surface area (Å²) in [5.74, 6) is 0.518. The van der Waals surface area contributed by atoms with Crippen LogP contribution in [-0.2, 0) is 11.2 Å². The van der Waals surface area contributed by atoms with Crippen molar-refractivity contribution in [2.75, 3.05) is 13.2 Å². The predicted octanol–water partition coefficient (Wildman–Crippen LogP) is 3.16. The number of nitrogens with one attached hydrogen (secondary N) is 1. The highest BCUT2D eigenvalue weighted by Gasteiger charge is 2.36. The molecule has 1 fully saturated rings. The predicted molar refractivity (Wildman–Crippen MR) is 75.7 cm³/mol. The van der Waals surface area contributed by atoms with Gasteiger partial charge in [0.15, 0.2) is 0 Å². The van der Waals surface area contributed by atoms with Crippen LogP contribution in [0.2, 0.25) is 0 Å². The van der Waals surface area contributed by atoms with Crippen LogP contribution in [0.4, 0.5) is 4.39 Å². The maximum atomic E-state index is 13.3. The van der Waals surface area contributed by atoms with Gasteiger partial charge in [0, 0.05) is 12.6 Å². The molecule has 0 heterocycles. The van der Waals surface area contributed by atoms with Crippen molar-refractivity contribution in [2.45, 2.75) is 45.3 Å². The summed E-state index contributed by atoms with van der Waals surface area (Å²) in [5.41, 5.74) is 1.04. The highest BCUT2D eigenvalue weighted by molar-refractivity contribution is 5.18. The lowest BCUT2D eigenvalue weighted by molar-refractivity contribution is 0.0196. The van der Waals surface area contributed by atoms with Crippen molar-refractivity contribution in [1.29, 1.82) is 0 Å². The molecule has 0 spiro atoms. The second kappa shape index (κ2) is 7.01. The smallest absolute Gasteiger partial charge is 0.123 e. The molecule has 0 aliphatic heterocycles. The van der Waals surface area contributed by atoms with Crippen LogP contribution in [0.1, 0.15) is 32.3 Å². The van der Waals surface area contributed by atoms with E-state index in [4.69, 9.17) is 4.74 Å². The van der Waals surface area contributed by atoms with E-state index in [1.807, 2.05) is 13.0 Å². The molecule has 0 amide bonds. The van der Waals surface area contributed by atoms with Crippen LogP contribution < -0.4 is 5.32 Å². The molecule has 106 valence electrons. The molecule has 1 saturated carbocycles. The number of likely N-dealkylation sites (N-methyl/N-ethyl adjacent to an activating group) is 1. The van der Waals surface area contributed by atoms with Gasteiger partial charge in [0.05, 0.1) is 6.10 Å². The summed E-state index contributed by atoms with van der Waals surface area (Å²) in [6.07, 6.45) is 3.60. The average Bonchev–Trinajstić information content (AvgIpc) is 3.20. The number of hydrogen-bond acceptors (Lipinski definition) is 2. The molecule has 19 heavy (non-hydrogen) atoms. The lowest BCUT2D eigenvalue weighted by Gasteiger charge is -2.28. The Morgan fingerprint density at radius 2 is 2.16 bits per heavy atom. The third-order valence-electron chi connectivity index (χ3n) is 3.65. The van der Waals surface area contributed by atoms with Crippen LogP contribution in [0.15, 0.2) is 24.3 Å². The quantitative estimate of drug-likeness (QED) is 0.779. The molecule has 2 unspecified atom stereocenters. The Balaban J connectivity index is 2.05. The number of rotatable bonds is 8. The Morgan fingerprint density at radius 3 is 2.74 bits per heavy atom. The third kappa shape index (κ3) is 4.29. The fraction of sp³-hybridized carbons (Fsp3) is 0.625. The molecule has 0 bridgehead atoms. The Labute approximate surface area is 115 Å². The van der Waals surface area contributed by atoms with Gasteiger partial charge in [0.2, 0.25) is 0 Å². The minimum absolute atomic E-state index is 0.160. The van der Waals surface area contributed by atoms with Crippen molar-refractivity contribution in [3.05, 3.63) is 35.6 Å². The van der Waals surface area contributed by atoms with Gasteiger partial charge in [-0.25, -0.2) is 4.39 Å². The molecule has 2 atom stereocenters. The second-order valence-electron chi connectivity index (χ2n) is 5.26. The van der Waals surface area contributed by atoms with Gasteiger partial charge in [-0.3, -0.25) is 0 Å². The molecule has 1 aliphatic rings. The third-order valence-corrected chi connectivity index (χ3v) is 3.65. The van der Waals surface area contributed by atoms with Crippen LogP contribution in [0.25, 0.3) is 0 Å². The summed E-state index contributed by atoms with van der Waals surface area (Å²) in [7, 11) is 0. The maximum Gasteiger partial charge on any atom is 0.123 e. The first-order valence-corrected chi connectivity index (χ1v) is 7.34. The molecule has 2 rings (SSSR count). The Bertz CT molecular complexity index is 392. The van der Waals surface area contributed by atoms with Crippen LogP contribution in [0.5, 0.6) is 0 Å². The normalized spacial score (nSPS) is 18.3. The summed E-state index contributed by atoms with van der Waals surface area (Å²) >= 11 is 0. The van der Waals surface area contributed by atoms with Crippen LogP contribution in [-0.4, -0.2) is 25.3 Å². The van der Waals surface area contributed by atoms with Gasteiger partial charge >= 0.3 is 0 Å². The number of benzene rings is 1. The number of halogens is 1. The summed E-state index contributed by atoms with van der Waals surface area (Å²) < 4.78 is 19.2. The molecule has 1 aromatic rings. The van der Waals surface area contributed by atoms with Crippen LogP contribution in [0.3, 0.4) is 0 Å². The summed E-state index contributed by atoms with van der Waals surface area (Å²) in [5, 5.41) is 3.51. The van der Waals surface area contributed by atoms with E-state index < -0.39 is 0 Å². The van der Waals surface area contributed by atoms with Crippen molar-refractivity contribution in [3.63, 3.8) is 0 Å². The zero-order valence-corrected chi connectivity index (χ0v) is 11.9. The van der Waals surface area contributed by atoms with E-state index in [9.17, 15) is 4.39 Å². The van der Waals surface area contributed by atoms with E-state index in [-0.39, 0.29) is 18.0 Å². The molecular formula is C16H24FNO. The van der Waals surface area contributed by atoms with Crippen LogP contribution in [0, 0.1) is 11.7 Å². The highest BCUT2D eigenvalue weighted by Crippen LogP contribution is 2.36. The van der Waals surface area contributed by atoms with Crippen molar-refractivity contribution in [3.8, 4) is 0 Å². The zero-order chi connectivity index (χ0) is 13.7. The first-order valence-electron chi connectivity index (χ1n) is 7.34. The lowest BCUT2D eigenvalue weighted by atomic mass is 9.98. The molecule has 1 aromatic carbocycles. The molecule has 3 heteroatoms. The van der Waals surface area contributed by atoms with Crippen LogP contribution >= 0.6 is 0 Å².